The van der Waals surface area contributed by atoms with Crippen LogP contribution in [0.25, 0.3) is 0 Å². The van der Waals surface area contributed by atoms with Crippen LogP contribution in [0, 0.1) is 10.1 Å². The predicted octanol–water partition coefficient (Wildman–Crippen LogP) is 2.12. The highest BCUT2D eigenvalue weighted by Crippen LogP contribution is 2.25. The van der Waals surface area contributed by atoms with Gasteiger partial charge in [-0.05, 0) is 6.42 Å². The summed E-state index contributed by atoms with van der Waals surface area (Å²) in [5.74, 6) is 0. The Morgan fingerprint density at radius 1 is 1.28 bits per heavy atom. The van der Waals surface area contributed by atoms with Crippen molar-refractivity contribution >= 4 is 11.4 Å². The molecule has 0 aromatic heterocycles. The minimum atomic E-state index is -0.497. The lowest BCUT2D eigenvalue weighted by Gasteiger charge is -2.07. The normalized spacial score (nSPS) is 10.5. The maximum atomic E-state index is 10.7. The molecule has 0 saturated carbocycles. The number of nitro benzene ring substituents is 1. The van der Waals surface area contributed by atoms with Crippen LogP contribution in [-0.2, 0) is 16.1 Å². The Morgan fingerprint density at radius 2 is 2.00 bits per heavy atom. The number of nitro groups is 1. The van der Waals surface area contributed by atoms with Gasteiger partial charge in [0, 0.05) is 18.2 Å². The van der Waals surface area contributed by atoms with Crippen molar-refractivity contribution in [1.82, 2.24) is 0 Å². The molecule has 0 bridgehead atoms. The molecule has 1 aromatic rings. The Hall–Kier alpha value is -1.66. The van der Waals surface area contributed by atoms with Gasteiger partial charge in [-0.15, -0.1) is 0 Å². The third kappa shape index (κ3) is 4.31. The Kier molecular flexibility index (Phi) is 6.10. The van der Waals surface area contributed by atoms with E-state index in [4.69, 9.17) is 15.2 Å². The first-order valence-corrected chi connectivity index (χ1v) is 5.84. The Labute approximate surface area is 106 Å². The van der Waals surface area contributed by atoms with Crippen molar-refractivity contribution in [3.8, 4) is 0 Å². The molecular weight excluding hydrogens is 236 g/mol. The zero-order valence-corrected chi connectivity index (χ0v) is 10.4. The van der Waals surface area contributed by atoms with E-state index in [0.29, 0.717) is 25.4 Å². The first kappa shape index (κ1) is 14.4. The number of benzene rings is 1. The van der Waals surface area contributed by atoms with Crippen molar-refractivity contribution < 1.29 is 14.4 Å². The Balaban J connectivity index is 2.43. The first-order chi connectivity index (χ1) is 8.66. The van der Waals surface area contributed by atoms with Crippen molar-refractivity contribution in [3.63, 3.8) is 0 Å². The molecule has 1 aromatic carbocycles. The number of anilines is 1. The van der Waals surface area contributed by atoms with E-state index in [9.17, 15) is 10.1 Å². The summed E-state index contributed by atoms with van der Waals surface area (Å²) in [6, 6.07) is 4.69. The number of nitrogens with zero attached hydrogens (tertiary/aromatic N) is 1. The van der Waals surface area contributed by atoms with Gasteiger partial charge in [-0.2, -0.15) is 0 Å². The van der Waals surface area contributed by atoms with Crippen LogP contribution in [-0.4, -0.2) is 24.7 Å². The molecule has 0 spiro atoms. The molecule has 100 valence electrons. The summed E-state index contributed by atoms with van der Waals surface area (Å²) in [5.41, 5.74) is 6.40. The molecule has 6 heteroatoms. The summed E-state index contributed by atoms with van der Waals surface area (Å²) in [6.07, 6.45) is 0.970. The van der Waals surface area contributed by atoms with Crippen molar-refractivity contribution in [1.29, 1.82) is 0 Å². The lowest BCUT2D eigenvalue weighted by atomic mass is 10.1. The SMILES string of the molecule is CCCOCCOCc1cccc([N+](=O)[O-])c1N. The van der Waals surface area contributed by atoms with Crippen molar-refractivity contribution in [3.05, 3.63) is 33.9 Å². The number of nitrogens with two attached hydrogens (primary N) is 1. The van der Waals surface area contributed by atoms with Crippen LogP contribution in [0.3, 0.4) is 0 Å². The van der Waals surface area contributed by atoms with Gasteiger partial charge in [-0.25, -0.2) is 0 Å². The molecule has 0 atom stereocenters. The summed E-state index contributed by atoms with van der Waals surface area (Å²) in [6.45, 7) is 3.96. The van der Waals surface area contributed by atoms with Gasteiger partial charge < -0.3 is 15.2 Å². The fourth-order valence-corrected chi connectivity index (χ4v) is 1.43. The molecule has 1 rings (SSSR count). The molecule has 0 aliphatic carbocycles. The topological polar surface area (TPSA) is 87.6 Å². The van der Waals surface area contributed by atoms with E-state index in [1.165, 1.54) is 6.07 Å². The molecular formula is C12H18N2O4. The molecule has 2 N–H and O–H groups in total. The Morgan fingerprint density at radius 3 is 2.67 bits per heavy atom. The van der Waals surface area contributed by atoms with E-state index in [1.807, 2.05) is 6.92 Å². The van der Waals surface area contributed by atoms with E-state index in [-0.39, 0.29) is 18.0 Å². The van der Waals surface area contributed by atoms with Gasteiger partial charge in [-0.3, -0.25) is 10.1 Å². The van der Waals surface area contributed by atoms with Crippen molar-refractivity contribution in [2.24, 2.45) is 0 Å². The number of nitrogen functional groups attached to an aromatic ring is 1. The predicted molar refractivity (Wildman–Crippen MR) is 68.3 cm³/mol. The molecule has 0 aliphatic rings. The number of hydrogen-bond acceptors (Lipinski definition) is 5. The third-order valence-electron chi connectivity index (χ3n) is 2.35. The summed E-state index contributed by atoms with van der Waals surface area (Å²) < 4.78 is 10.6. The van der Waals surface area contributed by atoms with Crippen LogP contribution in [0.5, 0.6) is 0 Å². The van der Waals surface area contributed by atoms with Crippen LogP contribution in [0.15, 0.2) is 18.2 Å². The van der Waals surface area contributed by atoms with Gasteiger partial charge in [0.05, 0.1) is 24.7 Å². The summed E-state index contributed by atoms with van der Waals surface area (Å²) >= 11 is 0. The number of hydrogen-bond donors (Lipinski definition) is 1. The third-order valence-corrected chi connectivity index (χ3v) is 2.35. The lowest BCUT2D eigenvalue weighted by Crippen LogP contribution is -2.06. The van der Waals surface area contributed by atoms with E-state index in [1.54, 1.807) is 12.1 Å². The van der Waals surface area contributed by atoms with Gasteiger partial charge in [-0.1, -0.05) is 19.1 Å². The monoisotopic (exact) mass is 254 g/mol. The standard InChI is InChI=1S/C12H18N2O4/c1-2-6-17-7-8-18-9-10-4-3-5-11(12(10)13)14(15)16/h3-5H,2,6-9,13H2,1H3. The summed E-state index contributed by atoms with van der Waals surface area (Å²) in [5, 5.41) is 10.7. The highest BCUT2D eigenvalue weighted by molar-refractivity contribution is 5.62. The number of ether oxygens (including phenoxy) is 2. The smallest absolute Gasteiger partial charge is 0.292 e. The molecule has 0 unspecified atom stereocenters. The van der Waals surface area contributed by atoms with Crippen LogP contribution in [0.1, 0.15) is 18.9 Å². The van der Waals surface area contributed by atoms with Gasteiger partial charge in [0.25, 0.3) is 5.69 Å². The van der Waals surface area contributed by atoms with E-state index >= 15 is 0 Å². The molecule has 6 nitrogen and oxygen atoms in total. The van der Waals surface area contributed by atoms with E-state index < -0.39 is 4.92 Å². The van der Waals surface area contributed by atoms with E-state index in [0.717, 1.165) is 6.42 Å². The fourth-order valence-electron chi connectivity index (χ4n) is 1.43. The van der Waals surface area contributed by atoms with Gasteiger partial charge in [0.2, 0.25) is 0 Å². The second-order valence-corrected chi connectivity index (χ2v) is 3.77. The van der Waals surface area contributed by atoms with Gasteiger partial charge in [0.1, 0.15) is 5.69 Å². The molecule has 0 heterocycles. The van der Waals surface area contributed by atoms with Gasteiger partial charge >= 0.3 is 0 Å². The second-order valence-electron chi connectivity index (χ2n) is 3.77. The zero-order valence-electron chi connectivity index (χ0n) is 10.4. The maximum absolute atomic E-state index is 10.7. The number of rotatable bonds is 8. The minimum Gasteiger partial charge on any atom is -0.393 e. The molecule has 0 radical (unpaired) electrons. The quantitative estimate of drug-likeness (QED) is 0.332. The van der Waals surface area contributed by atoms with Crippen LogP contribution < -0.4 is 5.73 Å². The molecule has 0 fully saturated rings. The lowest BCUT2D eigenvalue weighted by molar-refractivity contribution is -0.384. The number of para-hydroxylation sites is 1. The van der Waals surface area contributed by atoms with Crippen molar-refractivity contribution in [2.45, 2.75) is 20.0 Å². The van der Waals surface area contributed by atoms with Crippen LogP contribution >= 0.6 is 0 Å². The summed E-state index contributed by atoms with van der Waals surface area (Å²) in [7, 11) is 0. The fraction of sp³-hybridized carbons (Fsp3) is 0.500. The molecule has 0 saturated heterocycles. The summed E-state index contributed by atoms with van der Waals surface area (Å²) in [4.78, 5) is 10.2. The van der Waals surface area contributed by atoms with E-state index in [2.05, 4.69) is 0 Å². The molecule has 0 aliphatic heterocycles. The molecule has 18 heavy (non-hydrogen) atoms. The molecule has 0 amide bonds. The average Bonchev–Trinajstić information content (AvgIpc) is 2.35. The van der Waals surface area contributed by atoms with Gasteiger partial charge in [0.15, 0.2) is 0 Å². The van der Waals surface area contributed by atoms with Crippen LogP contribution in [0.2, 0.25) is 0 Å². The average molecular weight is 254 g/mol. The maximum Gasteiger partial charge on any atom is 0.292 e. The minimum absolute atomic E-state index is 0.0849. The second kappa shape index (κ2) is 7.62. The highest BCUT2D eigenvalue weighted by atomic mass is 16.6. The van der Waals surface area contributed by atoms with Crippen molar-refractivity contribution in [2.75, 3.05) is 25.6 Å². The first-order valence-electron chi connectivity index (χ1n) is 5.84. The highest BCUT2D eigenvalue weighted by Gasteiger charge is 2.13. The van der Waals surface area contributed by atoms with Crippen LogP contribution in [0.4, 0.5) is 11.4 Å². The Bertz CT molecular complexity index is 396. The largest absolute Gasteiger partial charge is 0.393 e. The zero-order chi connectivity index (χ0) is 13.4.